The highest BCUT2D eigenvalue weighted by Gasteiger charge is 2.20. The first-order valence-electron chi connectivity index (χ1n) is 11.0. The number of nitrogens with zero attached hydrogens (tertiary/aromatic N) is 5. The van der Waals surface area contributed by atoms with Gasteiger partial charge in [0.25, 0.3) is 5.91 Å². The van der Waals surface area contributed by atoms with Crippen LogP contribution in [0.4, 0.5) is 15.8 Å². The second-order valence-electron chi connectivity index (χ2n) is 7.95. The Balaban J connectivity index is 1.51. The van der Waals surface area contributed by atoms with E-state index >= 15 is 0 Å². The number of piperazine rings is 1. The fraction of sp³-hybridized carbons (Fsp3) is 0.304. The summed E-state index contributed by atoms with van der Waals surface area (Å²) in [5, 5.41) is 20.6. The van der Waals surface area contributed by atoms with Crippen LogP contribution in [-0.4, -0.2) is 70.7 Å². The standard InChI is InChI=1S/C23H24FN7O3/c1-34-23-26-12-17-19(30-6-4-25-5-7-30)3-2-16(21(17)28-23)22(33)27-15-10-14-13-31(8-9-32)29-20(14)18(24)11-15/h2-3,10-13,25,32H,4-9H2,1H3,(H,27,33). The number of benzene rings is 2. The molecular weight excluding hydrogens is 441 g/mol. The molecule has 10 nitrogen and oxygen atoms in total. The van der Waals surface area contributed by atoms with E-state index in [2.05, 4.69) is 30.6 Å². The number of ether oxygens (including phenoxy) is 1. The molecule has 0 spiro atoms. The number of aliphatic hydroxyl groups excluding tert-OH is 1. The predicted molar refractivity (Wildman–Crippen MR) is 126 cm³/mol. The molecule has 1 aliphatic rings. The van der Waals surface area contributed by atoms with Gasteiger partial charge in [-0.25, -0.2) is 9.37 Å². The lowest BCUT2D eigenvalue weighted by molar-refractivity contribution is 0.102. The van der Waals surface area contributed by atoms with E-state index in [1.807, 2.05) is 6.07 Å². The molecule has 0 bridgehead atoms. The summed E-state index contributed by atoms with van der Waals surface area (Å²) in [7, 11) is 1.47. The summed E-state index contributed by atoms with van der Waals surface area (Å²) >= 11 is 0. The summed E-state index contributed by atoms with van der Waals surface area (Å²) < 4.78 is 21.3. The number of fused-ring (bicyclic) bond motifs is 2. The van der Waals surface area contributed by atoms with Crippen molar-refractivity contribution in [3.63, 3.8) is 0 Å². The molecule has 2 aromatic carbocycles. The number of aliphatic hydroxyl groups is 1. The number of halogens is 1. The Morgan fingerprint density at radius 3 is 2.85 bits per heavy atom. The summed E-state index contributed by atoms with van der Waals surface area (Å²) in [6, 6.07) is 6.63. The molecule has 0 aliphatic carbocycles. The lowest BCUT2D eigenvalue weighted by Gasteiger charge is -2.30. The SMILES string of the molecule is COc1ncc2c(N3CCNCC3)ccc(C(=O)Nc3cc(F)c4nn(CCO)cc4c3)c2n1. The molecule has 1 amide bonds. The van der Waals surface area contributed by atoms with Gasteiger partial charge >= 0.3 is 6.01 Å². The van der Waals surface area contributed by atoms with Crippen molar-refractivity contribution in [3.8, 4) is 6.01 Å². The van der Waals surface area contributed by atoms with E-state index < -0.39 is 11.7 Å². The molecule has 0 unspecified atom stereocenters. The van der Waals surface area contributed by atoms with Gasteiger partial charge in [-0.05, 0) is 24.3 Å². The lowest BCUT2D eigenvalue weighted by atomic mass is 10.1. The normalized spacial score (nSPS) is 14.0. The van der Waals surface area contributed by atoms with Crippen LogP contribution in [0.5, 0.6) is 6.01 Å². The van der Waals surface area contributed by atoms with E-state index in [1.165, 1.54) is 17.9 Å². The van der Waals surface area contributed by atoms with Crippen LogP contribution in [0.15, 0.2) is 36.7 Å². The van der Waals surface area contributed by atoms with E-state index in [0.717, 1.165) is 37.3 Å². The summed E-state index contributed by atoms with van der Waals surface area (Å²) in [6.45, 7) is 3.53. The van der Waals surface area contributed by atoms with Gasteiger partial charge in [-0.15, -0.1) is 0 Å². The second kappa shape index (κ2) is 9.20. The molecule has 2 aromatic heterocycles. The topological polar surface area (TPSA) is 117 Å². The van der Waals surface area contributed by atoms with Crippen LogP contribution in [0, 0.1) is 5.82 Å². The number of carbonyl (C=O) groups excluding carboxylic acids is 1. The van der Waals surface area contributed by atoms with Crippen molar-refractivity contribution in [2.45, 2.75) is 6.54 Å². The summed E-state index contributed by atoms with van der Waals surface area (Å²) in [4.78, 5) is 24.2. The third-order valence-electron chi connectivity index (χ3n) is 5.79. The fourth-order valence-corrected chi connectivity index (χ4v) is 4.18. The maximum Gasteiger partial charge on any atom is 0.316 e. The fourth-order valence-electron chi connectivity index (χ4n) is 4.18. The number of amides is 1. The van der Waals surface area contributed by atoms with Crippen LogP contribution in [-0.2, 0) is 6.54 Å². The number of carbonyl (C=O) groups is 1. The quantitative estimate of drug-likeness (QED) is 0.395. The Labute approximate surface area is 194 Å². The van der Waals surface area contributed by atoms with Gasteiger partial charge in [0, 0.05) is 60.7 Å². The van der Waals surface area contributed by atoms with Crippen LogP contribution >= 0.6 is 0 Å². The molecule has 176 valence electrons. The zero-order valence-corrected chi connectivity index (χ0v) is 18.6. The molecule has 11 heteroatoms. The highest BCUT2D eigenvalue weighted by Crippen LogP contribution is 2.30. The van der Waals surface area contributed by atoms with Crippen molar-refractivity contribution in [2.75, 3.05) is 50.1 Å². The summed E-state index contributed by atoms with van der Waals surface area (Å²) in [6.07, 6.45) is 3.29. The van der Waals surface area contributed by atoms with Gasteiger partial charge in [0.05, 0.1) is 31.3 Å². The Kier molecular flexibility index (Phi) is 5.95. The summed E-state index contributed by atoms with van der Waals surface area (Å²) in [5.74, 6) is -0.994. The average Bonchev–Trinajstić information content (AvgIpc) is 3.26. The molecule has 0 radical (unpaired) electrons. The third-order valence-corrected chi connectivity index (χ3v) is 5.79. The van der Waals surface area contributed by atoms with Crippen molar-refractivity contribution in [2.24, 2.45) is 0 Å². The maximum atomic E-state index is 14.6. The molecular formula is C23H24FN7O3. The maximum absolute atomic E-state index is 14.6. The highest BCUT2D eigenvalue weighted by molar-refractivity contribution is 6.14. The van der Waals surface area contributed by atoms with E-state index in [0.29, 0.717) is 22.2 Å². The summed E-state index contributed by atoms with van der Waals surface area (Å²) in [5.41, 5.74) is 2.19. The Hall–Kier alpha value is -3.83. The number of anilines is 2. The Morgan fingerprint density at radius 1 is 1.26 bits per heavy atom. The van der Waals surface area contributed by atoms with Gasteiger partial charge in [-0.1, -0.05) is 0 Å². The largest absolute Gasteiger partial charge is 0.467 e. The lowest BCUT2D eigenvalue weighted by Crippen LogP contribution is -2.43. The van der Waals surface area contributed by atoms with Gasteiger partial charge in [0.2, 0.25) is 0 Å². The minimum atomic E-state index is -0.563. The van der Waals surface area contributed by atoms with Crippen molar-refractivity contribution in [1.82, 2.24) is 25.1 Å². The van der Waals surface area contributed by atoms with Gasteiger partial charge in [0.1, 0.15) is 5.52 Å². The number of nitrogens with one attached hydrogen (secondary N) is 2. The molecule has 3 N–H and O–H groups in total. The van der Waals surface area contributed by atoms with Gasteiger partial charge in [0.15, 0.2) is 5.82 Å². The van der Waals surface area contributed by atoms with E-state index in [9.17, 15) is 9.18 Å². The number of hydrogen-bond acceptors (Lipinski definition) is 8. The Morgan fingerprint density at radius 2 is 2.09 bits per heavy atom. The zero-order chi connectivity index (χ0) is 23.7. The molecule has 1 saturated heterocycles. The van der Waals surface area contributed by atoms with E-state index in [-0.39, 0.29) is 24.7 Å². The number of hydrogen-bond donors (Lipinski definition) is 3. The smallest absolute Gasteiger partial charge is 0.316 e. The van der Waals surface area contributed by atoms with Crippen molar-refractivity contribution >= 4 is 39.1 Å². The van der Waals surface area contributed by atoms with E-state index in [4.69, 9.17) is 9.84 Å². The van der Waals surface area contributed by atoms with Crippen LogP contribution in [0.2, 0.25) is 0 Å². The molecule has 0 atom stereocenters. The first-order valence-corrected chi connectivity index (χ1v) is 11.0. The van der Waals surface area contributed by atoms with Crippen LogP contribution < -0.4 is 20.3 Å². The molecule has 34 heavy (non-hydrogen) atoms. The number of aromatic nitrogens is 4. The highest BCUT2D eigenvalue weighted by atomic mass is 19.1. The number of rotatable bonds is 6. The van der Waals surface area contributed by atoms with E-state index in [1.54, 1.807) is 24.5 Å². The van der Waals surface area contributed by atoms with Gasteiger partial charge < -0.3 is 25.4 Å². The minimum absolute atomic E-state index is 0.110. The van der Waals surface area contributed by atoms with Crippen molar-refractivity contribution in [3.05, 3.63) is 48.0 Å². The van der Waals surface area contributed by atoms with Gasteiger partial charge in [-0.2, -0.15) is 10.1 Å². The first-order chi connectivity index (χ1) is 16.6. The Bertz CT molecular complexity index is 1370. The molecule has 3 heterocycles. The second-order valence-corrected chi connectivity index (χ2v) is 7.95. The molecule has 1 fully saturated rings. The number of methoxy groups -OCH3 is 1. The monoisotopic (exact) mass is 465 g/mol. The first kappa shape index (κ1) is 22.0. The molecule has 4 aromatic rings. The van der Waals surface area contributed by atoms with Crippen molar-refractivity contribution < 1.29 is 19.0 Å². The van der Waals surface area contributed by atoms with Crippen LogP contribution in [0.3, 0.4) is 0 Å². The minimum Gasteiger partial charge on any atom is -0.467 e. The van der Waals surface area contributed by atoms with Crippen LogP contribution in [0.1, 0.15) is 10.4 Å². The average molecular weight is 465 g/mol. The van der Waals surface area contributed by atoms with Crippen LogP contribution in [0.25, 0.3) is 21.8 Å². The molecule has 5 rings (SSSR count). The molecule has 1 aliphatic heterocycles. The van der Waals surface area contributed by atoms with Gasteiger partial charge in [-0.3, -0.25) is 9.48 Å². The zero-order valence-electron chi connectivity index (χ0n) is 18.6. The molecule has 0 saturated carbocycles. The predicted octanol–water partition coefficient (Wildman–Crippen LogP) is 1.78. The third kappa shape index (κ3) is 4.11. The van der Waals surface area contributed by atoms with Crippen molar-refractivity contribution in [1.29, 1.82) is 0 Å².